The molecule has 1 aromatic carbocycles. The molecule has 0 spiro atoms. The fourth-order valence-corrected chi connectivity index (χ4v) is 1.39. The molecule has 1 amide bonds. The number of rotatable bonds is 3. The number of anilines is 1. The molecule has 0 atom stereocenters. The van der Waals surface area contributed by atoms with E-state index in [4.69, 9.17) is 22.4 Å². The van der Waals surface area contributed by atoms with Gasteiger partial charge in [0.05, 0.1) is 5.56 Å². The Kier molecular flexibility index (Phi) is 3.73. The molecular formula is C10H11ClN2O3. The summed E-state index contributed by atoms with van der Waals surface area (Å²) in [5, 5.41) is 8.97. The number of carbonyl (C=O) groups excluding carboxylic acids is 1. The summed E-state index contributed by atoms with van der Waals surface area (Å²) in [6.45, 7) is -0.374. The Morgan fingerprint density at radius 1 is 1.50 bits per heavy atom. The van der Waals surface area contributed by atoms with Crippen molar-refractivity contribution in [2.75, 3.05) is 19.3 Å². The van der Waals surface area contributed by atoms with Gasteiger partial charge in [0.15, 0.2) is 0 Å². The van der Waals surface area contributed by atoms with Crippen molar-refractivity contribution in [1.82, 2.24) is 4.90 Å². The first-order valence-electron chi connectivity index (χ1n) is 4.44. The smallest absolute Gasteiger partial charge is 0.323 e. The second-order valence-electron chi connectivity index (χ2n) is 3.29. The van der Waals surface area contributed by atoms with Crippen LogP contribution < -0.4 is 5.73 Å². The first-order chi connectivity index (χ1) is 7.41. The number of nitrogens with two attached hydrogens (primary N) is 1. The third-order valence-corrected chi connectivity index (χ3v) is 2.20. The van der Waals surface area contributed by atoms with Gasteiger partial charge in [-0.05, 0) is 18.2 Å². The van der Waals surface area contributed by atoms with Gasteiger partial charge in [0.1, 0.15) is 6.54 Å². The van der Waals surface area contributed by atoms with Gasteiger partial charge in [-0.1, -0.05) is 11.6 Å². The highest BCUT2D eigenvalue weighted by atomic mass is 35.5. The van der Waals surface area contributed by atoms with Gasteiger partial charge >= 0.3 is 5.97 Å². The van der Waals surface area contributed by atoms with Crippen molar-refractivity contribution >= 4 is 29.2 Å². The monoisotopic (exact) mass is 242 g/mol. The molecule has 0 saturated carbocycles. The van der Waals surface area contributed by atoms with Crippen molar-refractivity contribution in [3.05, 3.63) is 28.8 Å². The molecule has 0 aromatic heterocycles. The van der Waals surface area contributed by atoms with E-state index in [1.165, 1.54) is 25.2 Å². The summed E-state index contributed by atoms with van der Waals surface area (Å²) in [6.07, 6.45) is 0. The summed E-state index contributed by atoms with van der Waals surface area (Å²) in [5.74, 6) is -1.53. The lowest BCUT2D eigenvalue weighted by atomic mass is 10.1. The van der Waals surface area contributed by atoms with E-state index in [1.54, 1.807) is 0 Å². The van der Waals surface area contributed by atoms with E-state index in [9.17, 15) is 9.59 Å². The number of aliphatic carboxylic acids is 1. The molecule has 5 nitrogen and oxygen atoms in total. The van der Waals surface area contributed by atoms with E-state index in [0.717, 1.165) is 4.90 Å². The number of benzene rings is 1. The van der Waals surface area contributed by atoms with Crippen LogP contribution in [0.25, 0.3) is 0 Å². The Balaban J connectivity index is 2.92. The lowest BCUT2D eigenvalue weighted by Gasteiger charge is -2.15. The highest BCUT2D eigenvalue weighted by Crippen LogP contribution is 2.19. The molecule has 0 heterocycles. The Morgan fingerprint density at radius 3 is 2.62 bits per heavy atom. The van der Waals surface area contributed by atoms with E-state index in [1.807, 2.05) is 0 Å². The fourth-order valence-electron chi connectivity index (χ4n) is 1.21. The van der Waals surface area contributed by atoms with E-state index in [0.29, 0.717) is 5.02 Å². The average Bonchev–Trinajstić information content (AvgIpc) is 2.15. The molecule has 1 rings (SSSR count). The van der Waals surface area contributed by atoms with Gasteiger partial charge in [0.25, 0.3) is 5.91 Å². The Morgan fingerprint density at radius 2 is 2.12 bits per heavy atom. The van der Waals surface area contributed by atoms with Crippen LogP contribution in [-0.4, -0.2) is 35.5 Å². The SMILES string of the molecule is CN(CC(=O)O)C(=O)c1ccc(Cl)cc1N. The van der Waals surface area contributed by atoms with E-state index >= 15 is 0 Å². The molecule has 0 fully saturated rings. The van der Waals surface area contributed by atoms with Crippen LogP contribution in [0.1, 0.15) is 10.4 Å². The molecule has 1 aromatic rings. The van der Waals surface area contributed by atoms with Crippen LogP contribution in [0.15, 0.2) is 18.2 Å². The Hall–Kier alpha value is -1.75. The van der Waals surface area contributed by atoms with Gasteiger partial charge < -0.3 is 15.7 Å². The number of hydrogen-bond acceptors (Lipinski definition) is 3. The van der Waals surface area contributed by atoms with Crippen LogP contribution in [0.2, 0.25) is 5.02 Å². The third kappa shape index (κ3) is 2.87. The molecular weight excluding hydrogens is 232 g/mol. The van der Waals surface area contributed by atoms with Crippen LogP contribution in [-0.2, 0) is 4.79 Å². The minimum atomic E-state index is -1.08. The van der Waals surface area contributed by atoms with Crippen LogP contribution in [0, 0.1) is 0 Å². The molecule has 0 radical (unpaired) electrons. The topological polar surface area (TPSA) is 83.6 Å². The number of nitrogens with zero attached hydrogens (tertiary/aromatic N) is 1. The van der Waals surface area contributed by atoms with Crippen molar-refractivity contribution in [2.24, 2.45) is 0 Å². The number of carboxylic acid groups (broad SMARTS) is 1. The molecule has 16 heavy (non-hydrogen) atoms. The maximum Gasteiger partial charge on any atom is 0.323 e. The molecule has 6 heteroatoms. The summed E-state index contributed by atoms with van der Waals surface area (Å²) < 4.78 is 0. The first-order valence-corrected chi connectivity index (χ1v) is 4.82. The number of likely N-dealkylation sites (N-methyl/N-ethyl adjacent to an activating group) is 1. The van der Waals surface area contributed by atoms with E-state index in [2.05, 4.69) is 0 Å². The van der Waals surface area contributed by atoms with Crippen molar-refractivity contribution in [3.63, 3.8) is 0 Å². The van der Waals surface area contributed by atoms with Gasteiger partial charge in [-0.25, -0.2) is 0 Å². The zero-order valence-electron chi connectivity index (χ0n) is 8.61. The van der Waals surface area contributed by atoms with Crippen molar-refractivity contribution in [1.29, 1.82) is 0 Å². The van der Waals surface area contributed by atoms with E-state index in [-0.39, 0.29) is 17.8 Å². The fraction of sp³-hybridized carbons (Fsp3) is 0.200. The Labute approximate surface area is 97.4 Å². The van der Waals surface area contributed by atoms with E-state index < -0.39 is 11.9 Å². The average molecular weight is 243 g/mol. The van der Waals surface area contributed by atoms with Gasteiger partial charge in [0.2, 0.25) is 0 Å². The molecule has 0 unspecified atom stereocenters. The minimum Gasteiger partial charge on any atom is -0.480 e. The van der Waals surface area contributed by atoms with Crippen LogP contribution in [0.3, 0.4) is 0 Å². The second kappa shape index (κ2) is 4.85. The summed E-state index contributed by atoms with van der Waals surface area (Å²) >= 11 is 5.69. The molecule has 0 bridgehead atoms. The summed E-state index contributed by atoms with van der Waals surface area (Å²) in [5.41, 5.74) is 6.09. The number of hydrogen-bond donors (Lipinski definition) is 2. The Bertz CT molecular complexity index is 434. The molecule has 3 N–H and O–H groups in total. The highest BCUT2D eigenvalue weighted by Gasteiger charge is 2.16. The number of carbonyl (C=O) groups is 2. The number of amides is 1. The zero-order chi connectivity index (χ0) is 12.3. The van der Waals surface area contributed by atoms with Crippen LogP contribution in [0.5, 0.6) is 0 Å². The number of nitrogen functional groups attached to an aromatic ring is 1. The number of carboxylic acids is 1. The lowest BCUT2D eigenvalue weighted by molar-refractivity contribution is -0.137. The maximum absolute atomic E-state index is 11.8. The predicted molar refractivity (Wildman–Crippen MR) is 60.5 cm³/mol. The van der Waals surface area contributed by atoms with Crippen molar-refractivity contribution < 1.29 is 14.7 Å². The van der Waals surface area contributed by atoms with Crippen molar-refractivity contribution in [2.45, 2.75) is 0 Å². The van der Waals surface area contributed by atoms with Gasteiger partial charge in [0, 0.05) is 17.8 Å². The number of halogens is 1. The lowest BCUT2D eigenvalue weighted by Crippen LogP contribution is -2.32. The maximum atomic E-state index is 11.8. The largest absolute Gasteiger partial charge is 0.480 e. The minimum absolute atomic E-state index is 0.231. The van der Waals surface area contributed by atoms with Gasteiger partial charge in [-0.3, -0.25) is 9.59 Å². The van der Waals surface area contributed by atoms with Gasteiger partial charge in [-0.2, -0.15) is 0 Å². The summed E-state index contributed by atoms with van der Waals surface area (Å²) in [4.78, 5) is 23.3. The standard InChI is InChI=1S/C10H11ClN2O3/c1-13(5-9(14)15)10(16)7-3-2-6(11)4-8(7)12/h2-4H,5,12H2,1H3,(H,14,15). The molecule has 86 valence electrons. The highest BCUT2D eigenvalue weighted by molar-refractivity contribution is 6.31. The van der Waals surface area contributed by atoms with Gasteiger partial charge in [-0.15, -0.1) is 0 Å². The van der Waals surface area contributed by atoms with Crippen molar-refractivity contribution in [3.8, 4) is 0 Å². The van der Waals surface area contributed by atoms with Crippen LogP contribution in [0.4, 0.5) is 5.69 Å². The second-order valence-corrected chi connectivity index (χ2v) is 3.72. The molecule has 0 aliphatic rings. The predicted octanol–water partition coefficient (Wildman–Crippen LogP) is 1.08. The molecule has 0 aliphatic carbocycles. The summed E-state index contributed by atoms with van der Waals surface area (Å²) in [6, 6.07) is 4.45. The zero-order valence-corrected chi connectivity index (χ0v) is 9.36. The first kappa shape index (κ1) is 12.3. The van der Waals surface area contributed by atoms with Crippen LogP contribution >= 0.6 is 11.6 Å². The third-order valence-electron chi connectivity index (χ3n) is 1.96. The normalized spacial score (nSPS) is 9.88. The quantitative estimate of drug-likeness (QED) is 0.777. The molecule has 0 aliphatic heterocycles. The summed E-state index contributed by atoms with van der Waals surface area (Å²) in [7, 11) is 1.39. The molecule has 0 saturated heterocycles.